The summed E-state index contributed by atoms with van der Waals surface area (Å²) >= 11 is 0. The zero-order valence-corrected chi connectivity index (χ0v) is 9.43. The van der Waals surface area contributed by atoms with Gasteiger partial charge in [-0.2, -0.15) is 0 Å². The molecule has 0 aromatic heterocycles. The van der Waals surface area contributed by atoms with Gasteiger partial charge in [-0.3, -0.25) is 4.79 Å². The Kier molecular flexibility index (Phi) is 5.34. The number of hydrogen-bond donors (Lipinski definition) is 1. The molecule has 0 spiro atoms. The van der Waals surface area contributed by atoms with E-state index in [2.05, 4.69) is 18.7 Å². The van der Waals surface area contributed by atoms with Crippen LogP contribution in [0.5, 0.6) is 0 Å². The summed E-state index contributed by atoms with van der Waals surface area (Å²) in [5.74, 6) is -0.335. The van der Waals surface area contributed by atoms with Crippen molar-refractivity contribution in [2.45, 2.75) is 25.7 Å². The maximum atomic E-state index is 10.5. The van der Waals surface area contributed by atoms with Crippen LogP contribution in [0.15, 0.2) is 43.0 Å². The Hall–Kier alpha value is -1.57. The minimum atomic E-state index is -0.720. The molecule has 1 aromatic carbocycles. The van der Waals surface area contributed by atoms with Gasteiger partial charge in [-0.15, -0.1) is 6.58 Å². The van der Waals surface area contributed by atoms with Crippen LogP contribution in [-0.2, 0) is 11.2 Å². The van der Waals surface area contributed by atoms with E-state index in [0.717, 1.165) is 19.3 Å². The van der Waals surface area contributed by atoms with Crippen molar-refractivity contribution in [1.82, 2.24) is 0 Å². The van der Waals surface area contributed by atoms with Crippen LogP contribution in [0.3, 0.4) is 0 Å². The fourth-order valence-electron chi connectivity index (χ4n) is 1.81. The van der Waals surface area contributed by atoms with E-state index in [1.54, 1.807) is 0 Å². The summed E-state index contributed by atoms with van der Waals surface area (Å²) in [4.78, 5) is 10.5. The van der Waals surface area contributed by atoms with Crippen LogP contribution in [0, 0.1) is 5.92 Å². The molecule has 1 aromatic rings. The van der Waals surface area contributed by atoms with E-state index in [-0.39, 0.29) is 6.42 Å². The number of aliphatic carboxylic acids is 1. The van der Waals surface area contributed by atoms with Crippen LogP contribution < -0.4 is 0 Å². The highest BCUT2D eigenvalue weighted by Crippen LogP contribution is 2.18. The molecule has 0 saturated heterocycles. The highest BCUT2D eigenvalue weighted by atomic mass is 16.4. The zero-order valence-electron chi connectivity index (χ0n) is 9.43. The van der Waals surface area contributed by atoms with Crippen LogP contribution in [0.4, 0.5) is 0 Å². The molecule has 0 aliphatic heterocycles. The summed E-state index contributed by atoms with van der Waals surface area (Å²) in [7, 11) is 0. The lowest BCUT2D eigenvalue weighted by Gasteiger charge is -2.13. The number of hydrogen-bond acceptors (Lipinski definition) is 1. The van der Waals surface area contributed by atoms with Crippen LogP contribution in [0.25, 0.3) is 0 Å². The van der Waals surface area contributed by atoms with Crippen molar-refractivity contribution >= 4 is 5.97 Å². The standard InChI is InChI=1S/C14H18O2/c1-2-6-12(9-10-14(15)16)11-13-7-4-3-5-8-13/h2-5,7-8,12H,1,6,9-11H2,(H,15,16)/t12-/m1/s1. The third-order valence-corrected chi connectivity index (χ3v) is 2.63. The van der Waals surface area contributed by atoms with E-state index < -0.39 is 5.97 Å². The smallest absolute Gasteiger partial charge is 0.303 e. The Bertz CT molecular complexity index is 330. The Morgan fingerprint density at radius 1 is 1.38 bits per heavy atom. The summed E-state index contributed by atoms with van der Waals surface area (Å²) < 4.78 is 0. The van der Waals surface area contributed by atoms with E-state index in [1.807, 2.05) is 24.3 Å². The maximum Gasteiger partial charge on any atom is 0.303 e. The number of carboxylic acid groups (broad SMARTS) is 1. The normalized spacial score (nSPS) is 12.0. The molecular formula is C14H18O2. The number of benzene rings is 1. The fraction of sp³-hybridized carbons (Fsp3) is 0.357. The van der Waals surface area contributed by atoms with Crippen molar-refractivity contribution in [3.8, 4) is 0 Å². The van der Waals surface area contributed by atoms with Gasteiger partial charge in [0, 0.05) is 6.42 Å². The molecule has 0 bridgehead atoms. The summed E-state index contributed by atoms with van der Waals surface area (Å²) in [6.07, 6.45) is 4.64. The second-order valence-corrected chi connectivity index (χ2v) is 4.01. The van der Waals surface area contributed by atoms with Gasteiger partial charge in [-0.25, -0.2) is 0 Å². The minimum absolute atomic E-state index is 0.241. The number of rotatable bonds is 7. The van der Waals surface area contributed by atoms with Crippen LogP contribution in [-0.4, -0.2) is 11.1 Å². The van der Waals surface area contributed by atoms with Crippen LogP contribution in [0.1, 0.15) is 24.8 Å². The van der Waals surface area contributed by atoms with Gasteiger partial charge in [0.2, 0.25) is 0 Å². The van der Waals surface area contributed by atoms with Crippen molar-refractivity contribution < 1.29 is 9.90 Å². The van der Waals surface area contributed by atoms with Gasteiger partial charge in [-0.1, -0.05) is 36.4 Å². The first kappa shape index (κ1) is 12.5. The topological polar surface area (TPSA) is 37.3 Å². The Balaban J connectivity index is 2.50. The van der Waals surface area contributed by atoms with E-state index >= 15 is 0 Å². The maximum absolute atomic E-state index is 10.5. The average Bonchev–Trinajstić information content (AvgIpc) is 2.27. The molecule has 2 heteroatoms. The second-order valence-electron chi connectivity index (χ2n) is 4.01. The van der Waals surface area contributed by atoms with Gasteiger partial charge in [0.25, 0.3) is 0 Å². The molecule has 1 atom stereocenters. The fourth-order valence-corrected chi connectivity index (χ4v) is 1.81. The van der Waals surface area contributed by atoms with Gasteiger partial charge in [0.1, 0.15) is 0 Å². The number of allylic oxidation sites excluding steroid dienone is 1. The summed E-state index contributed by atoms with van der Waals surface area (Å²) in [5.41, 5.74) is 1.26. The Labute approximate surface area is 96.6 Å². The van der Waals surface area contributed by atoms with Gasteiger partial charge in [-0.05, 0) is 30.7 Å². The molecule has 16 heavy (non-hydrogen) atoms. The Morgan fingerprint density at radius 2 is 2.06 bits per heavy atom. The molecule has 1 N–H and O–H groups in total. The molecule has 86 valence electrons. The highest BCUT2D eigenvalue weighted by molar-refractivity contribution is 5.66. The predicted octanol–water partition coefficient (Wildman–Crippen LogP) is 3.29. The van der Waals surface area contributed by atoms with Crippen molar-refractivity contribution in [1.29, 1.82) is 0 Å². The van der Waals surface area contributed by atoms with Crippen molar-refractivity contribution in [3.05, 3.63) is 48.6 Å². The average molecular weight is 218 g/mol. The van der Waals surface area contributed by atoms with E-state index in [1.165, 1.54) is 5.56 Å². The lowest BCUT2D eigenvalue weighted by atomic mass is 9.92. The van der Waals surface area contributed by atoms with Crippen molar-refractivity contribution in [3.63, 3.8) is 0 Å². The molecule has 0 radical (unpaired) electrons. The predicted molar refractivity (Wildman–Crippen MR) is 65.3 cm³/mol. The largest absolute Gasteiger partial charge is 0.481 e. The monoisotopic (exact) mass is 218 g/mol. The lowest BCUT2D eigenvalue weighted by molar-refractivity contribution is -0.137. The SMILES string of the molecule is C=CC[C@H](CCC(=O)O)Cc1ccccc1. The summed E-state index contributed by atoms with van der Waals surface area (Å²) in [5, 5.41) is 8.67. The highest BCUT2D eigenvalue weighted by Gasteiger charge is 2.10. The molecule has 0 aliphatic rings. The lowest BCUT2D eigenvalue weighted by Crippen LogP contribution is -2.07. The molecule has 0 heterocycles. The third-order valence-electron chi connectivity index (χ3n) is 2.63. The third kappa shape index (κ3) is 4.78. The Morgan fingerprint density at radius 3 is 2.62 bits per heavy atom. The summed E-state index contributed by atoms with van der Waals surface area (Å²) in [6.45, 7) is 3.72. The number of carbonyl (C=O) groups is 1. The van der Waals surface area contributed by atoms with E-state index in [9.17, 15) is 4.79 Å². The van der Waals surface area contributed by atoms with Gasteiger partial charge in [0.15, 0.2) is 0 Å². The first-order valence-corrected chi connectivity index (χ1v) is 5.59. The van der Waals surface area contributed by atoms with Crippen LogP contribution >= 0.6 is 0 Å². The molecule has 0 fully saturated rings. The van der Waals surface area contributed by atoms with Crippen molar-refractivity contribution in [2.75, 3.05) is 0 Å². The molecule has 2 nitrogen and oxygen atoms in total. The molecule has 0 aliphatic carbocycles. The quantitative estimate of drug-likeness (QED) is 0.713. The minimum Gasteiger partial charge on any atom is -0.481 e. The zero-order chi connectivity index (χ0) is 11.8. The van der Waals surface area contributed by atoms with Gasteiger partial charge >= 0.3 is 5.97 Å². The first-order valence-electron chi connectivity index (χ1n) is 5.59. The van der Waals surface area contributed by atoms with Crippen LogP contribution in [0.2, 0.25) is 0 Å². The molecular weight excluding hydrogens is 200 g/mol. The molecule has 0 amide bonds. The molecule has 0 saturated carbocycles. The van der Waals surface area contributed by atoms with E-state index in [0.29, 0.717) is 5.92 Å². The summed E-state index contributed by atoms with van der Waals surface area (Å²) in [6, 6.07) is 10.2. The van der Waals surface area contributed by atoms with Gasteiger partial charge < -0.3 is 5.11 Å². The number of carboxylic acids is 1. The van der Waals surface area contributed by atoms with Gasteiger partial charge in [0.05, 0.1) is 0 Å². The second kappa shape index (κ2) is 6.83. The van der Waals surface area contributed by atoms with E-state index in [4.69, 9.17) is 5.11 Å². The molecule has 0 unspecified atom stereocenters. The van der Waals surface area contributed by atoms with Crippen molar-refractivity contribution in [2.24, 2.45) is 5.92 Å². The molecule has 1 rings (SSSR count). The first-order chi connectivity index (χ1) is 7.72.